The van der Waals surface area contributed by atoms with E-state index in [2.05, 4.69) is 38.9 Å². The van der Waals surface area contributed by atoms with Crippen LogP contribution in [0.25, 0.3) is 11.3 Å². The van der Waals surface area contributed by atoms with Crippen molar-refractivity contribution in [2.45, 2.75) is 32.7 Å². The molecule has 0 atom stereocenters. The van der Waals surface area contributed by atoms with Crippen LogP contribution in [0.1, 0.15) is 30.9 Å². The van der Waals surface area contributed by atoms with Gasteiger partial charge in [0.15, 0.2) is 0 Å². The van der Waals surface area contributed by atoms with Crippen molar-refractivity contribution in [3.8, 4) is 17.3 Å². The van der Waals surface area contributed by atoms with Gasteiger partial charge in [-0.3, -0.25) is 4.99 Å². The molecule has 140 valence electrons. The Morgan fingerprint density at radius 3 is 2.61 bits per heavy atom. The van der Waals surface area contributed by atoms with Crippen LogP contribution >= 0.6 is 0 Å². The fourth-order valence-electron chi connectivity index (χ4n) is 3.00. The topological polar surface area (TPSA) is 54.0 Å². The van der Waals surface area contributed by atoms with Gasteiger partial charge in [0, 0.05) is 30.7 Å². The largest absolute Gasteiger partial charge is 0.337 e. The lowest BCUT2D eigenvalue weighted by Gasteiger charge is -2.08. The minimum atomic E-state index is 0.699. The molecule has 0 spiro atoms. The summed E-state index contributed by atoms with van der Waals surface area (Å²) in [7, 11) is 0. The number of hydrogen-bond acceptors (Lipinski definition) is 3. The zero-order valence-electron chi connectivity index (χ0n) is 16.1. The van der Waals surface area contributed by atoms with E-state index in [1.54, 1.807) is 0 Å². The van der Waals surface area contributed by atoms with Crippen LogP contribution in [-0.4, -0.2) is 15.8 Å². The van der Waals surface area contributed by atoms with E-state index in [9.17, 15) is 0 Å². The van der Waals surface area contributed by atoms with Gasteiger partial charge in [0.1, 0.15) is 0 Å². The van der Waals surface area contributed by atoms with E-state index in [1.165, 1.54) is 11.1 Å². The molecule has 1 aromatic heterocycles. The van der Waals surface area contributed by atoms with Crippen molar-refractivity contribution < 1.29 is 0 Å². The van der Waals surface area contributed by atoms with E-state index in [0.717, 1.165) is 37.1 Å². The van der Waals surface area contributed by atoms with Crippen LogP contribution < -0.4 is 0 Å². The van der Waals surface area contributed by atoms with Crippen molar-refractivity contribution in [3.05, 3.63) is 90.0 Å². The lowest BCUT2D eigenvalue weighted by molar-refractivity contribution is 0.671. The van der Waals surface area contributed by atoms with Crippen LogP contribution in [0.15, 0.2) is 83.9 Å². The van der Waals surface area contributed by atoms with Crippen molar-refractivity contribution in [1.29, 1.82) is 5.26 Å². The van der Waals surface area contributed by atoms with Crippen LogP contribution in [0.4, 0.5) is 0 Å². The normalized spacial score (nSPS) is 11.6. The van der Waals surface area contributed by atoms with E-state index in [4.69, 9.17) is 5.26 Å². The Morgan fingerprint density at radius 1 is 1.11 bits per heavy atom. The number of nitriles is 1. The fourth-order valence-corrected chi connectivity index (χ4v) is 3.00. The average Bonchev–Trinajstić information content (AvgIpc) is 3.23. The molecule has 0 aliphatic heterocycles. The lowest BCUT2D eigenvalue weighted by atomic mass is 10.0. The molecule has 3 rings (SSSR count). The number of allylic oxidation sites excluding steroid dienone is 1. The summed E-state index contributed by atoms with van der Waals surface area (Å²) in [6.07, 6.45) is 10.6. The fraction of sp³-hybridized carbons (Fsp3) is 0.208. The van der Waals surface area contributed by atoms with E-state index in [1.807, 2.05) is 68.1 Å². The molecule has 0 N–H and O–H groups in total. The van der Waals surface area contributed by atoms with Crippen molar-refractivity contribution in [2.24, 2.45) is 4.99 Å². The molecule has 0 amide bonds. The Balaban J connectivity index is 1.60. The Labute approximate surface area is 166 Å². The van der Waals surface area contributed by atoms with Gasteiger partial charge in [0.25, 0.3) is 0 Å². The predicted molar refractivity (Wildman–Crippen MR) is 114 cm³/mol. The molecule has 3 aromatic rings. The second-order valence-electron chi connectivity index (χ2n) is 6.62. The third-order valence-electron chi connectivity index (χ3n) is 4.62. The van der Waals surface area contributed by atoms with Gasteiger partial charge in [0.05, 0.1) is 23.7 Å². The quantitative estimate of drug-likeness (QED) is 0.499. The molecule has 0 aliphatic carbocycles. The monoisotopic (exact) mass is 368 g/mol. The maximum Gasteiger partial charge on any atom is 0.0991 e. The van der Waals surface area contributed by atoms with Gasteiger partial charge in [-0.05, 0) is 49.5 Å². The van der Waals surface area contributed by atoms with Crippen LogP contribution in [0.2, 0.25) is 0 Å². The van der Waals surface area contributed by atoms with Gasteiger partial charge in [-0.2, -0.15) is 5.26 Å². The molecule has 2 aromatic carbocycles. The first kappa shape index (κ1) is 19.3. The maximum atomic E-state index is 8.91. The molecule has 4 nitrogen and oxygen atoms in total. The van der Waals surface area contributed by atoms with Crippen molar-refractivity contribution in [3.63, 3.8) is 0 Å². The highest BCUT2D eigenvalue weighted by Crippen LogP contribution is 2.18. The summed E-state index contributed by atoms with van der Waals surface area (Å²) < 4.78 is 2.13. The van der Waals surface area contributed by atoms with Crippen molar-refractivity contribution in [1.82, 2.24) is 9.55 Å². The SMILES string of the molecule is CC=N/C=C(\CCc1ccc(C#N)cc1)CCn1cnc(-c2ccccc2)c1. The number of aromatic nitrogens is 2. The van der Waals surface area contributed by atoms with Gasteiger partial charge >= 0.3 is 0 Å². The number of aryl methyl sites for hydroxylation is 2. The molecule has 0 unspecified atom stereocenters. The first-order valence-electron chi connectivity index (χ1n) is 9.50. The van der Waals surface area contributed by atoms with Gasteiger partial charge in [-0.15, -0.1) is 0 Å². The standard InChI is InChI=1S/C24H24N4/c1-2-26-17-22(13-10-20-8-11-21(16-25)12-9-20)14-15-28-18-24(27-19-28)23-6-4-3-5-7-23/h2-9,11-12,17-19H,10,13-15H2,1H3/b22-17+,26-2?. The van der Waals surface area contributed by atoms with Crippen LogP contribution in [0, 0.1) is 11.3 Å². The number of rotatable bonds is 8. The Morgan fingerprint density at radius 2 is 1.89 bits per heavy atom. The van der Waals surface area contributed by atoms with Gasteiger partial charge in [-0.25, -0.2) is 4.98 Å². The Hall–Kier alpha value is -3.45. The molecular weight excluding hydrogens is 344 g/mol. The summed E-state index contributed by atoms with van der Waals surface area (Å²) in [6.45, 7) is 2.80. The average molecular weight is 368 g/mol. The maximum absolute atomic E-state index is 8.91. The highest BCUT2D eigenvalue weighted by atomic mass is 15.0. The molecule has 0 radical (unpaired) electrons. The number of hydrogen-bond donors (Lipinski definition) is 0. The zero-order chi connectivity index (χ0) is 19.6. The van der Waals surface area contributed by atoms with E-state index in [0.29, 0.717) is 5.56 Å². The number of aliphatic imine (C=N–C) groups is 1. The molecule has 28 heavy (non-hydrogen) atoms. The molecule has 0 aliphatic rings. The summed E-state index contributed by atoms with van der Waals surface area (Å²) in [4.78, 5) is 8.85. The molecule has 1 heterocycles. The second kappa shape index (κ2) is 10.0. The van der Waals surface area contributed by atoms with E-state index in [-0.39, 0.29) is 0 Å². The summed E-state index contributed by atoms with van der Waals surface area (Å²) in [6, 6.07) is 20.2. The highest BCUT2D eigenvalue weighted by Gasteiger charge is 2.04. The van der Waals surface area contributed by atoms with Gasteiger partial charge < -0.3 is 4.57 Å². The van der Waals surface area contributed by atoms with Crippen LogP contribution in [0.5, 0.6) is 0 Å². The lowest BCUT2D eigenvalue weighted by Crippen LogP contribution is -1.98. The first-order chi connectivity index (χ1) is 13.8. The smallest absolute Gasteiger partial charge is 0.0991 e. The summed E-state index contributed by atoms with van der Waals surface area (Å²) >= 11 is 0. The summed E-state index contributed by atoms with van der Waals surface area (Å²) in [5.41, 5.74) is 5.37. The van der Waals surface area contributed by atoms with E-state index < -0.39 is 0 Å². The zero-order valence-corrected chi connectivity index (χ0v) is 16.1. The number of imidazole rings is 1. The number of nitrogens with zero attached hydrogens (tertiary/aromatic N) is 4. The molecule has 0 bridgehead atoms. The van der Waals surface area contributed by atoms with Gasteiger partial charge in [0.2, 0.25) is 0 Å². The minimum absolute atomic E-state index is 0.699. The third kappa shape index (κ3) is 5.52. The number of benzene rings is 2. The predicted octanol–water partition coefficient (Wildman–Crippen LogP) is 5.42. The first-order valence-corrected chi connectivity index (χ1v) is 9.50. The van der Waals surface area contributed by atoms with Crippen molar-refractivity contribution in [2.75, 3.05) is 0 Å². The molecule has 0 saturated carbocycles. The Bertz CT molecular complexity index is 973. The van der Waals surface area contributed by atoms with Crippen LogP contribution in [-0.2, 0) is 13.0 Å². The third-order valence-corrected chi connectivity index (χ3v) is 4.62. The summed E-state index contributed by atoms with van der Waals surface area (Å²) in [5, 5.41) is 8.91. The van der Waals surface area contributed by atoms with E-state index >= 15 is 0 Å². The molecule has 0 fully saturated rings. The molecule has 0 saturated heterocycles. The highest BCUT2D eigenvalue weighted by molar-refractivity contribution is 5.57. The molecular formula is C24H24N4. The molecule has 4 heteroatoms. The second-order valence-corrected chi connectivity index (χ2v) is 6.62. The Kier molecular flexibility index (Phi) is 6.92. The van der Waals surface area contributed by atoms with Gasteiger partial charge in [-0.1, -0.05) is 42.5 Å². The minimum Gasteiger partial charge on any atom is -0.337 e. The van der Waals surface area contributed by atoms with Crippen LogP contribution in [0.3, 0.4) is 0 Å². The van der Waals surface area contributed by atoms with Crippen molar-refractivity contribution >= 4 is 6.21 Å². The summed E-state index contributed by atoms with van der Waals surface area (Å²) in [5.74, 6) is 0.